The maximum absolute atomic E-state index is 12.4. The fourth-order valence-corrected chi connectivity index (χ4v) is 4.58. The van der Waals surface area contributed by atoms with E-state index >= 15 is 0 Å². The van der Waals surface area contributed by atoms with Gasteiger partial charge in [-0.15, -0.1) is 11.3 Å². The van der Waals surface area contributed by atoms with E-state index in [1.54, 1.807) is 6.92 Å². The molecule has 0 radical (unpaired) electrons. The number of rotatable bonds is 7. The molecule has 24 heavy (non-hydrogen) atoms. The molecule has 1 fully saturated rings. The Kier molecular flexibility index (Phi) is 4.70. The van der Waals surface area contributed by atoms with Crippen molar-refractivity contribution in [2.75, 3.05) is 6.54 Å². The van der Waals surface area contributed by atoms with E-state index in [4.69, 9.17) is 4.52 Å². The summed E-state index contributed by atoms with van der Waals surface area (Å²) in [7, 11) is -3.77. The van der Waals surface area contributed by atoms with E-state index < -0.39 is 10.0 Å². The molecular weight excluding hydrogens is 352 g/mol. The number of aryl methyl sites for hydroxylation is 2. The number of hydrogen-bond acceptors (Lipinski definition) is 7. The second-order valence-electron chi connectivity index (χ2n) is 5.56. The lowest BCUT2D eigenvalue weighted by Gasteiger charge is -2.06. The highest BCUT2D eigenvalue weighted by Crippen LogP contribution is 2.32. The minimum Gasteiger partial charge on any atom is -0.352 e. The zero-order valence-corrected chi connectivity index (χ0v) is 15.0. The Balaban J connectivity index is 1.73. The molecule has 1 saturated carbocycles. The van der Waals surface area contributed by atoms with Crippen molar-refractivity contribution in [3.63, 3.8) is 0 Å². The first-order valence-electron chi connectivity index (χ1n) is 7.61. The van der Waals surface area contributed by atoms with Gasteiger partial charge in [0.05, 0.1) is 16.3 Å². The van der Waals surface area contributed by atoms with Crippen molar-refractivity contribution < 1.29 is 17.7 Å². The lowest BCUT2D eigenvalue weighted by atomic mass is 10.4. The molecular formula is C14H18N4O4S2. The van der Waals surface area contributed by atoms with Gasteiger partial charge in [0.25, 0.3) is 0 Å². The summed E-state index contributed by atoms with van der Waals surface area (Å²) in [4.78, 5) is 17.2. The molecule has 10 heteroatoms. The summed E-state index contributed by atoms with van der Waals surface area (Å²) in [6, 6.07) is 1.70. The van der Waals surface area contributed by atoms with E-state index in [-0.39, 0.29) is 23.4 Å². The molecule has 8 nitrogen and oxygen atoms in total. The van der Waals surface area contributed by atoms with Gasteiger partial charge < -0.3 is 9.84 Å². The summed E-state index contributed by atoms with van der Waals surface area (Å²) < 4.78 is 32.2. The molecule has 2 N–H and O–H groups in total. The molecule has 0 unspecified atom stereocenters. The van der Waals surface area contributed by atoms with Crippen LogP contribution in [0.4, 0.5) is 0 Å². The quantitative estimate of drug-likeness (QED) is 0.757. The second-order valence-corrected chi connectivity index (χ2v) is 8.55. The van der Waals surface area contributed by atoms with Crippen molar-refractivity contribution in [2.45, 2.75) is 44.0 Å². The summed E-state index contributed by atoms with van der Waals surface area (Å²) in [6.07, 6.45) is 2.52. The Morgan fingerprint density at radius 3 is 2.83 bits per heavy atom. The number of sulfonamides is 1. The van der Waals surface area contributed by atoms with E-state index in [2.05, 4.69) is 20.2 Å². The van der Waals surface area contributed by atoms with Crippen molar-refractivity contribution in [3.8, 4) is 10.7 Å². The Bertz CT molecular complexity index is 852. The van der Waals surface area contributed by atoms with E-state index in [9.17, 15) is 13.2 Å². The smallest absolute Gasteiger partial charge is 0.242 e. The Morgan fingerprint density at radius 2 is 2.21 bits per heavy atom. The van der Waals surface area contributed by atoms with Crippen LogP contribution in [0, 0.1) is 6.92 Å². The normalized spacial score (nSPS) is 14.8. The van der Waals surface area contributed by atoms with Crippen molar-refractivity contribution >= 4 is 27.3 Å². The van der Waals surface area contributed by atoms with Gasteiger partial charge >= 0.3 is 0 Å². The van der Waals surface area contributed by atoms with Crippen LogP contribution in [0.25, 0.3) is 10.7 Å². The van der Waals surface area contributed by atoms with Crippen LogP contribution in [0.3, 0.4) is 0 Å². The van der Waals surface area contributed by atoms with Gasteiger partial charge in [0.15, 0.2) is 0 Å². The van der Waals surface area contributed by atoms with Gasteiger partial charge in [-0.25, -0.2) is 13.1 Å². The van der Waals surface area contributed by atoms with Crippen LogP contribution in [0.2, 0.25) is 0 Å². The lowest BCUT2D eigenvalue weighted by molar-refractivity contribution is -0.120. The van der Waals surface area contributed by atoms with Gasteiger partial charge in [-0.1, -0.05) is 12.1 Å². The maximum atomic E-state index is 12.4. The number of thiophene rings is 1. The SMILES string of the molecule is CCc1nc(-c2cc(S(=O)(=O)NCC(=O)NC3CC3)c(C)s2)no1. The van der Waals surface area contributed by atoms with Gasteiger partial charge in [0, 0.05) is 17.3 Å². The zero-order chi connectivity index (χ0) is 17.3. The standard InChI is InChI=1S/C14H18N4O4S2/c1-3-13-17-14(18-22-13)10-6-11(8(2)23-10)24(20,21)15-7-12(19)16-9-4-5-9/h6,9,15H,3-5,7H2,1-2H3,(H,16,19). The van der Waals surface area contributed by atoms with Crippen LogP contribution >= 0.6 is 11.3 Å². The topological polar surface area (TPSA) is 114 Å². The molecule has 2 aromatic rings. The third-order valence-electron chi connectivity index (χ3n) is 3.52. The monoisotopic (exact) mass is 370 g/mol. The summed E-state index contributed by atoms with van der Waals surface area (Å²) in [5.74, 6) is 0.545. The predicted molar refractivity (Wildman–Crippen MR) is 88.1 cm³/mol. The Hall–Kier alpha value is -1.78. The summed E-state index contributed by atoms with van der Waals surface area (Å²) in [5, 5.41) is 6.59. The largest absolute Gasteiger partial charge is 0.352 e. The minimum atomic E-state index is -3.77. The molecule has 0 atom stereocenters. The molecule has 0 spiro atoms. The predicted octanol–water partition coefficient (Wildman–Crippen LogP) is 1.23. The molecule has 0 saturated heterocycles. The van der Waals surface area contributed by atoms with Gasteiger partial charge in [-0.2, -0.15) is 4.98 Å². The van der Waals surface area contributed by atoms with Gasteiger partial charge in [-0.3, -0.25) is 4.79 Å². The molecule has 130 valence electrons. The molecule has 0 aromatic carbocycles. The second kappa shape index (κ2) is 6.61. The molecule has 2 heterocycles. The average Bonchev–Trinajstić information content (AvgIpc) is 3.07. The number of aromatic nitrogens is 2. The Labute approximate surface area is 143 Å². The average molecular weight is 370 g/mol. The summed E-state index contributed by atoms with van der Waals surface area (Å²) in [5.41, 5.74) is 0. The number of nitrogens with zero attached hydrogens (tertiary/aromatic N) is 2. The van der Waals surface area contributed by atoms with Crippen molar-refractivity contribution in [2.24, 2.45) is 0 Å². The van der Waals surface area contributed by atoms with Crippen LogP contribution in [0.15, 0.2) is 15.5 Å². The van der Waals surface area contributed by atoms with Crippen LogP contribution in [0.5, 0.6) is 0 Å². The Morgan fingerprint density at radius 1 is 1.46 bits per heavy atom. The van der Waals surface area contributed by atoms with Crippen LogP contribution in [-0.2, 0) is 21.2 Å². The van der Waals surface area contributed by atoms with Crippen LogP contribution in [-0.4, -0.2) is 37.1 Å². The molecule has 0 aliphatic heterocycles. The van der Waals surface area contributed by atoms with Gasteiger partial charge in [-0.05, 0) is 25.8 Å². The molecule has 3 rings (SSSR count). The zero-order valence-electron chi connectivity index (χ0n) is 13.3. The van der Waals surface area contributed by atoms with E-state index in [0.717, 1.165) is 12.8 Å². The van der Waals surface area contributed by atoms with E-state index in [1.807, 2.05) is 6.92 Å². The fourth-order valence-electron chi connectivity index (χ4n) is 2.09. The molecule has 1 aliphatic rings. The van der Waals surface area contributed by atoms with E-state index in [1.165, 1.54) is 17.4 Å². The number of carbonyl (C=O) groups excluding carboxylic acids is 1. The van der Waals surface area contributed by atoms with Crippen molar-refractivity contribution in [1.29, 1.82) is 0 Å². The number of hydrogen-bond donors (Lipinski definition) is 2. The molecule has 1 amide bonds. The molecule has 1 aliphatic carbocycles. The first kappa shape index (κ1) is 17.1. The third kappa shape index (κ3) is 3.82. The molecule has 0 bridgehead atoms. The highest BCUT2D eigenvalue weighted by Gasteiger charge is 2.26. The first-order valence-corrected chi connectivity index (χ1v) is 9.91. The third-order valence-corrected chi connectivity index (χ3v) is 6.22. The van der Waals surface area contributed by atoms with Crippen LogP contribution < -0.4 is 10.0 Å². The first-order chi connectivity index (χ1) is 11.4. The lowest BCUT2D eigenvalue weighted by Crippen LogP contribution is -2.37. The highest BCUT2D eigenvalue weighted by molar-refractivity contribution is 7.89. The van der Waals surface area contributed by atoms with Crippen molar-refractivity contribution in [1.82, 2.24) is 20.2 Å². The van der Waals surface area contributed by atoms with E-state index in [0.29, 0.717) is 27.9 Å². The number of nitrogens with one attached hydrogen (secondary N) is 2. The van der Waals surface area contributed by atoms with Crippen molar-refractivity contribution in [3.05, 3.63) is 16.8 Å². The van der Waals surface area contributed by atoms with Gasteiger partial charge in [0.2, 0.25) is 27.6 Å². The fraction of sp³-hybridized carbons (Fsp3) is 0.500. The highest BCUT2D eigenvalue weighted by atomic mass is 32.2. The summed E-state index contributed by atoms with van der Waals surface area (Å²) >= 11 is 1.27. The van der Waals surface area contributed by atoms with Gasteiger partial charge in [0.1, 0.15) is 0 Å². The van der Waals surface area contributed by atoms with Crippen LogP contribution in [0.1, 0.15) is 30.5 Å². The summed E-state index contributed by atoms with van der Waals surface area (Å²) in [6.45, 7) is 3.32. The number of carbonyl (C=O) groups is 1. The maximum Gasteiger partial charge on any atom is 0.242 e. The molecule has 2 aromatic heterocycles. The number of amides is 1. The minimum absolute atomic E-state index is 0.129.